The third-order valence-electron chi connectivity index (χ3n) is 2.69. The zero-order chi connectivity index (χ0) is 11.0. The topological polar surface area (TPSA) is 38.9 Å². The predicted octanol–water partition coefficient (Wildman–Crippen LogP) is 3.32. The van der Waals surface area contributed by atoms with Crippen LogP contribution in [0.1, 0.15) is 16.7 Å². The number of rotatable bonds is 1. The molecule has 2 N–H and O–H groups in total. The smallest absolute Gasteiger partial charge is 0.114 e. The van der Waals surface area contributed by atoms with Crippen molar-refractivity contribution >= 4 is 16.3 Å². The van der Waals surface area contributed by atoms with E-state index in [2.05, 4.69) is 37.9 Å². The molecule has 0 saturated heterocycles. The molecule has 3 heteroatoms. The van der Waals surface area contributed by atoms with Gasteiger partial charge in [-0.1, -0.05) is 6.07 Å². The highest BCUT2D eigenvalue weighted by Gasteiger charge is 2.09. The first-order chi connectivity index (χ1) is 7.09. The Morgan fingerprint density at radius 2 is 1.73 bits per heavy atom. The van der Waals surface area contributed by atoms with Crippen LogP contribution in [0.4, 0.5) is 5.00 Å². The van der Waals surface area contributed by atoms with E-state index in [9.17, 15) is 0 Å². The summed E-state index contributed by atoms with van der Waals surface area (Å²) in [5, 5.41) is 0.793. The predicted molar refractivity (Wildman–Crippen MR) is 66.2 cm³/mol. The van der Waals surface area contributed by atoms with Crippen LogP contribution in [0.2, 0.25) is 0 Å². The van der Waals surface area contributed by atoms with Gasteiger partial charge in [-0.25, -0.2) is 4.98 Å². The van der Waals surface area contributed by atoms with Crippen molar-refractivity contribution in [2.24, 2.45) is 0 Å². The van der Waals surface area contributed by atoms with Crippen LogP contribution in [0.3, 0.4) is 0 Å². The van der Waals surface area contributed by atoms with Crippen LogP contribution in [0.15, 0.2) is 17.6 Å². The summed E-state index contributed by atoms with van der Waals surface area (Å²) in [7, 11) is 0. The fourth-order valence-electron chi connectivity index (χ4n) is 1.67. The largest absolute Gasteiger partial charge is 0.389 e. The number of benzene rings is 1. The molecule has 0 aliphatic carbocycles. The first kappa shape index (κ1) is 10.2. The standard InChI is InChI=1S/C12H14N2S/c1-7-4-9(3)10(5-8(7)2)11-12(13)15-6-14-11/h4-6H,13H2,1-3H3. The number of hydrogen-bond donors (Lipinski definition) is 1. The molecule has 1 heterocycles. The van der Waals surface area contributed by atoms with Crippen LogP contribution in [-0.2, 0) is 0 Å². The van der Waals surface area contributed by atoms with Gasteiger partial charge in [-0.15, -0.1) is 11.3 Å². The average molecular weight is 218 g/mol. The van der Waals surface area contributed by atoms with Crippen molar-refractivity contribution in [3.8, 4) is 11.3 Å². The molecule has 1 aromatic carbocycles. The van der Waals surface area contributed by atoms with E-state index in [0.29, 0.717) is 0 Å². The van der Waals surface area contributed by atoms with Crippen molar-refractivity contribution in [2.75, 3.05) is 5.73 Å². The van der Waals surface area contributed by atoms with Crippen LogP contribution in [0.5, 0.6) is 0 Å². The van der Waals surface area contributed by atoms with E-state index >= 15 is 0 Å². The van der Waals surface area contributed by atoms with Gasteiger partial charge in [-0.2, -0.15) is 0 Å². The van der Waals surface area contributed by atoms with Gasteiger partial charge < -0.3 is 5.73 Å². The Bertz CT molecular complexity index is 500. The van der Waals surface area contributed by atoms with Gasteiger partial charge in [0.1, 0.15) is 10.7 Å². The van der Waals surface area contributed by atoms with Gasteiger partial charge in [0.15, 0.2) is 0 Å². The number of aromatic nitrogens is 1. The molecule has 0 atom stereocenters. The molecule has 0 aliphatic rings. The van der Waals surface area contributed by atoms with Gasteiger partial charge in [0.05, 0.1) is 5.51 Å². The lowest BCUT2D eigenvalue weighted by atomic mass is 9.99. The van der Waals surface area contributed by atoms with Gasteiger partial charge in [0.25, 0.3) is 0 Å². The third-order valence-corrected chi connectivity index (χ3v) is 3.35. The summed E-state index contributed by atoms with van der Waals surface area (Å²) in [6, 6.07) is 4.35. The maximum atomic E-state index is 5.89. The van der Waals surface area contributed by atoms with E-state index in [1.54, 1.807) is 5.51 Å². The second kappa shape index (κ2) is 3.66. The molecule has 0 saturated carbocycles. The molecule has 2 aromatic rings. The highest BCUT2D eigenvalue weighted by atomic mass is 32.1. The fourth-order valence-corrected chi connectivity index (χ4v) is 2.22. The van der Waals surface area contributed by atoms with Gasteiger partial charge >= 0.3 is 0 Å². The average Bonchev–Trinajstić information content (AvgIpc) is 2.58. The summed E-state index contributed by atoms with van der Waals surface area (Å²) in [4.78, 5) is 4.31. The molecule has 0 spiro atoms. The molecular weight excluding hydrogens is 204 g/mol. The highest BCUT2D eigenvalue weighted by Crippen LogP contribution is 2.31. The normalized spacial score (nSPS) is 10.6. The van der Waals surface area contributed by atoms with E-state index in [0.717, 1.165) is 16.3 Å². The summed E-state index contributed by atoms with van der Waals surface area (Å²) in [5.74, 6) is 0. The van der Waals surface area contributed by atoms with Gasteiger partial charge in [-0.05, 0) is 43.5 Å². The van der Waals surface area contributed by atoms with Crippen molar-refractivity contribution in [1.82, 2.24) is 4.98 Å². The van der Waals surface area contributed by atoms with Crippen molar-refractivity contribution in [2.45, 2.75) is 20.8 Å². The number of hydrogen-bond acceptors (Lipinski definition) is 3. The molecular formula is C12H14N2S. The molecule has 0 bridgehead atoms. The lowest BCUT2D eigenvalue weighted by Gasteiger charge is -2.08. The van der Waals surface area contributed by atoms with E-state index in [4.69, 9.17) is 5.73 Å². The van der Waals surface area contributed by atoms with Crippen LogP contribution in [-0.4, -0.2) is 4.98 Å². The summed E-state index contributed by atoms with van der Waals surface area (Å²) in [5.41, 5.74) is 13.6. The maximum Gasteiger partial charge on any atom is 0.114 e. The van der Waals surface area contributed by atoms with Gasteiger partial charge in [0.2, 0.25) is 0 Å². The lowest BCUT2D eigenvalue weighted by molar-refractivity contribution is 1.28. The Hall–Kier alpha value is -1.35. The number of anilines is 1. The fraction of sp³-hybridized carbons (Fsp3) is 0.250. The molecule has 0 radical (unpaired) electrons. The summed E-state index contributed by atoms with van der Waals surface area (Å²) >= 11 is 1.48. The Morgan fingerprint density at radius 1 is 1.07 bits per heavy atom. The second-order valence-electron chi connectivity index (χ2n) is 3.82. The molecule has 15 heavy (non-hydrogen) atoms. The molecule has 1 aromatic heterocycles. The Balaban J connectivity index is 2.64. The number of nitrogens with two attached hydrogens (primary N) is 1. The monoisotopic (exact) mass is 218 g/mol. The quantitative estimate of drug-likeness (QED) is 0.797. The Kier molecular flexibility index (Phi) is 2.49. The first-order valence-electron chi connectivity index (χ1n) is 4.87. The number of thiazole rings is 1. The molecule has 2 nitrogen and oxygen atoms in total. The minimum atomic E-state index is 0.793. The van der Waals surface area contributed by atoms with Crippen LogP contribution >= 0.6 is 11.3 Å². The minimum absolute atomic E-state index is 0.793. The van der Waals surface area contributed by atoms with E-state index < -0.39 is 0 Å². The van der Waals surface area contributed by atoms with E-state index in [-0.39, 0.29) is 0 Å². The van der Waals surface area contributed by atoms with Crippen LogP contribution in [0.25, 0.3) is 11.3 Å². The van der Waals surface area contributed by atoms with Crippen LogP contribution in [0, 0.1) is 20.8 Å². The Labute approximate surface area is 93.8 Å². The Morgan fingerprint density at radius 3 is 2.33 bits per heavy atom. The highest BCUT2D eigenvalue weighted by molar-refractivity contribution is 7.14. The number of nitrogen functional groups attached to an aromatic ring is 1. The second-order valence-corrected chi connectivity index (χ2v) is 4.70. The zero-order valence-corrected chi connectivity index (χ0v) is 9.98. The van der Waals surface area contributed by atoms with Crippen molar-refractivity contribution < 1.29 is 0 Å². The molecule has 78 valence electrons. The van der Waals surface area contributed by atoms with E-state index in [1.807, 2.05) is 0 Å². The maximum absolute atomic E-state index is 5.89. The summed E-state index contributed by atoms with van der Waals surface area (Å²) < 4.78 is 0. The van der Waals surface area contributed by atoms with Gasteiger partial charge in [0, 0.05) is 5.56 Å². The molecule has 0 amide bonds. The van der Waals surface area contributed by atoms with E-state index in [1.165, 1.54) is 28.0 Å². The molecule has 0 unspecified atom stereocenters. The molecule has 0 aliphatic heterocycles. The SMILES string of the molecule is Cc1cc(C)c(-c2ncsc2N)cc1C. The van der Waals surface area contributed by atoms with Gasteiger partial charge in [-0.3, -0.25) is 0 Å². The third kappa shape index (κ3) is 1.75. The van der Waals surface area contributed by atoms with Crippen molar-refractivity contribution in [3.05, 3.63) is 34.3 Å². The summed E-state index contributed by atoms with van der Waals surface area (Å²) in [6.07, 6.45) is 0. The molecule has 0 fully saturated rings. The molecule has 2 rings (SSSR count). The lowest BCUT2D eigenvalue weighted by Crippen LogP contribution is -1.91. The first-order valence-corrected chi connectivity index (χ1v) is 5.74. The number of aryl methyl sites for hydroxylation is 3. The number of nitrogens with zero attached hydrogens (tertiary/aromatic N) is 1. The van der Waals surface area contributed by atoms with Crippen molar-refractivity contribution in [3.63, 3.8) is 0 Å². The van der Waals surface area contributed by atoms with Crippen LogP contribution < -0.4 is 5.73 Å². The zero-order valence-electron chi connectivity index (χ0n) is 9.16. The minimum Gasteiger partial charge on any atom is -0.389 e. The van der Waals surface area contributed by atoms with Crippen molar-refractivity contribution in [1.29, 1.82) is 0 Å². The summed E-state index contributed by atoms with van der Waals surface area (Å²) in [6.45, 7) is 6.33.